The molecule has 1 amide bonds. The lowest BCUT2D eigenvalue weighted by Gasteiger charge is -2.13. The van der Waals surface area contributed by atoms with Crippen molar-refractivity contribution >= 4 is 35.2 Å². The number of para-hydroxylation sites is 1. The lowest BCUT2D eigenvalue weighted by atomic mass is 10.1. The number of amides is 1. The number of nitrogens with one attached hydrogen (secondary N) is 1. The standard InChI is InChI=1S/C29H30ClN3O4/c1-19(2)12-13-33-20(3)14-22(21(33)4)15-23(17-31)29(35)36-18-28(34)32-26-16-24(30)10-11-27(26)37-25-8-6-5-7-9-25/h5-11,14-16,19H,12-13,18H2,1-4H3,(H,32,34)/b23-15-. The van der Waals surface area contributed by atoms with Gasteiger partial charge in [-0.3, -0.25) is 4.79 Å². The Morgan fingerprint density at radius 1 is 1.14 bits per heavy atom. The van der Waals surface area contributed by atoms with Crippen LogP contribution in [0.15, 0.2) is 60.2 Å². The van der Waals surface area contributed by atoms with Gasteiger partial charge in [0.25, 0.3) is 5.91 Å². The molecule has 0 aliphatic heterocycles. The summed E-state index contributed by atoms with van der Waals surface area (Å²) in [6.07, 6.45) is 2.52. The molecular weight excluding hydrogens is 490 g/mol. The van der Waals surface area contributed by atoms with Crippen molar-refractivity contribution < 1.29 is 19.1 Å². The first-order valence-corrected chi connectivity index (χ1v) is 12.3. The highest BCUT2D eigenvalue weighted by Crippen LogP contribution is 2.32. The average Bonchev–Trinajstić information content (AvgIpc) is 3.13. The quantitative estimate of drug-likeness (QED) is 0.183. The van der Waals surface area contributed by atoms with Crippen LogP contribution < -0.4 is 10.1 Å². The van der Waals surface area contributed by atoms with Gasteiger partial charge in [-0.2, -0.15) is 5.26 Å². The van der Waals surface area contributed by atoms with Gasteiger partial charge < -0.3 is 19.4 Å². The zero-order valence-corrected chi connectivity index (χ0v) is 22.1. The first-order valence-electron chi connectivity index (χ1n) is 12.0. The second-order valence-corrected chi connectivity index (χ2v) is 9.45. The van der Waals surface area contributed by atoms with Crippen LogP contribution >= 0.6 is 11.6 Å². The molecule has 3 aromatic rings. The van der Waals surface area contributed by atoms with E-state index in [1.807, 2.05) is 44.2 Å². The summed E-state index contributed by atoms with van der Waals surface area (Å²) in [5.74, 6) is 0.0397. The van der Waals surface area contributed by atoms with Crippen LogP contribution in [0, 0.1) is 31.1 Å². The highest BCUT2D eigenvalue weighted by molar-refractivity contribution is 6.31. The van der Waals surface area contributed by atoms with Crippen molar-refractivity contribution in [2.75, 3.05) is 11.9 Å². The third kappa shape index (κ3) is 7.73. The Hall–Kier alpha value is -4.02. The molecule has 2 aromatic carbocycles. The number of aromatic nitrogens is 1. The van der Waals surface area contributed by atoms with Crippen LogP contribution in [0.4, 0.5) is 5.69 Å². The van der Waals surface area contributed by atoms with Crippen LogP contribution in [-0.4, -0.2) is 23.1 Å². The molecule has 1 N–H and O–H groups in total. The van der Waals surface area contributed by atoms with E-state index in [-0.39, 0.29) is 5.57 Å². The highest BCUT2D eigenvalue weighted by Gasteiger charge is 2.17. The van der Waals surface area contributed by atoms with Gasteiger partial charge in [0, 0.05) is 23.0 Å². The maximum atomic E-state index is 12.6. The van der Waals surface area contributed by atoms with E-state index in [1.54, 1.807) is 24.3 Å². The fraction of sp³-hybridized carbons (Fsp3) is 0.276. The number of carbonyl (C=O) groups is 2. The first kappa shape index (κ1) is 27.6. The maximum absolute atomic E-state index is 12.6. The monoisotopic (exact) mass is 519 g/mol. The SMILES string of the molecule is Cc1cc(/C=C(/C#N)C(=O)OCC(=O)Nc2cc(Cl)ccc2Oc2ccccc2)c(C)n1CCC(C)C. The summed E-state index contributed by atoms with van der Waals surface area (Å²) >= 11 is 6.09. The summed E-state index contributed by atoms with van der Waals surface area (Å²) in [6, 6.07) is 17.7. The molecule has 0 atom stereocenters. The van der Waals surface area contributed by atoms with Gasteiger partial charge in [0.1, 0.15) is 17.4 Å². The van der Waals surface area contributed by atoms with E-state index in [2.05, 4.69) is 23.7 Å². The van der Waals surface area contributed by atoms with E-state index in [4.69, 9.17) is 21.1 Å². The average molecular weight is 520 g/mol. The van der Waals surface area contributed by atoms with Crippen molar-refractivity contribution in [3.63, 3.8) is 0 Å². The summed E-state index contributed by atoms with van der Waals surface area (Å²) in [5, 5.41) is 12.6. The van der Waals surface area contributed by atoms with Crippen molar-refractivity contribution in [2.45, 2.75) is 40.7 Å². The van der Waals surface area contributed by atoms with E-state index in [0.717, 1.165) is 29.9 Å². The van der Waals surface area contributed by atoms with Gasteiger partial charge in [-0.15, -0.1) is 0 Å². The molecule has 0 aliphatic carbocycles. The molecule has 0 radical (unpaired) electrons. The second kappa shape index (κ2) is 12.8. The molecule has 8 heteroatoms. The first-order chi connectivity index (χ1) is 17.7. The lowest BCUT2D eigenvalue weighted by Crippen LogP contribution is -2.21. The molecule has 0 fully saturated rings. The highest BCUT2D eigenvalue weighted by atomic mass is 35.5. The molecule has 0 bridgehead atoms. The Balaban J connectivity index is 1.66. The van der Waals surface area contributed by atoms with Crippen molar-refractivity contribution in [1.29, 1.82) is 5.26 Å². The van der Waals surface area contributed by atoms with E-state index in [9.17, 15) is 14.9 Å². The van der Waals surface area contributed by atoms with Crippen LogP contribution in [0.5, 0.6) is 11.5 Å². The largest absolute Gasteiger partial charge is 0.455 e. The predicted molar refractivity (Wildman–Crippen MR) is 145 cm³/mol. The van der Waals surface area contributed by atoms with Crippen molar-refractivity contribution in [3.8, 4) is 17.6 Å². The Morgan fingerprint density at radius 3 is 2.54 bits per heavy atom. The number of nitriles is 1. The molecule has 1 aromatic heterocycles. The third-order valence-electron chi connectivity index (χ3n) is 5.70. The van der Waals surface area contributed by atoms with Gasteiger partial charge in [0.2, 0.25) is 0 Å². The summed E-state index contributed by atoms with van der Waals surface area (Å²) in [4.78, 5) is 25.1. The van der Waals surface area contributed by atoms with Gasteiger partial charge in [0.05, 0.1) is 5.69 Å². The molecule has 37 heavy (non-hydrogen) atoms. The van der Waals surface area contributed by atoms with Crippen LogP contribution in [-0.2, 0) is 20.9 Å². The number of benzene rings is 2. The minimum atomic E-state index is -0.878. The number of hydrogen-bond acceptors (Lipinski definition) is 5. The number of aryl methyl sites for hydroxylation is 1. The van der Waals surface area contributed by atoms with E-state index >= 15 is 0 Å². The number of rotatable bonds is 10. The van der Waals surface area contributed by atoms with Gasteiger partial charge in [-0.25, -0.2) is 4.79 Å². The van der Waals surface area contributed by atoms with Crippen molar-refractivity contribution in [3.05, 3.63) is 82.1 Å². The Labute approximate surface area is 222 Å². The molecular formula is C29H30ClN3O4. The number of nitrogens with zero attached hydrogens (tertiary/aromatic N) is 2. The summed E-state index contributed by atoms with van der Waals surface area (Å²) in [7, 11) is 0. The van der Waals surface area contributed by atoms with Gasteiger partial charge >= 0.3 is 5.97 Å². The molecule has 0 spiro atoms. The Kier molecular flexibility index (Phi) is 9.53. The molecule has 7 nitrogen and oxygen atoms in total. The van der Waals surface area contributed by atoms with Gasteiger partial charge in [0.15, 0.2) is 12.4 Å². The fourth-order valence-corrected chi connectivity index (χ4v) is 3.87. The molecule has 0 aliphatic rings. The predicted octanol–water partition coefficient (Wildman–Crippen LogP) is 6.69. The molecule has 0 saturated heterocycles. The molecule has 1 heterocycles. The van der Waals surface area contributed by atoms with E-state index < -0.39 is 18.5 Å². The molecule has 192 valence electrons. The summed E-state index contributed by atoms with van der Waals surface area (Å²) in [5.41, 5.74) is 2.91. The summed E-state index contributed by atoms with van der Waals surface area (Å²) in [6.45, 7) is 8.55. The van der Waals surface area contributed by atoms with Crippen LogP contribution in [0.2, 0.25) is 5.02 Å². The number of halogens is 1. The van der Waals surface area contributed by atoms with Crippen molar-refractivity contribution in [2.24, 2.45) is 5.92 Å². The fourth-order valence-electron chi connectivity index (χ4n) is 3.70. The van der Waals surface area contributed by atoms with Crippen molar-refractivity contribution in [1.82, 2.24) is 4.57 Å². The smallest absolute Gasteiger partial charge is 0.349 e. The lowest BCUT2D eigenvalue weighted by molar-refractivity contribution is -0.142. The minimum Gasteiger partial charge on any atom is -0.455 e. The van der Waals surface area contributed by atoms with Gasteiger partial charge in [-0.1, -0.05) is 43.6 Å². The van der Waals surface area contributed by atoms with E-state index in [1.165, 1.54) is 12.1 Å². The topological polar surface area (TPSA) is 93.3 Å². The zero-order chi connectivity index (χ0) is 26.9. The molecule has 3 rings (SSSR count). The number of hydrogen-bond donors (Lipinski definition) is 1. The second-order valence-electron chi connectivity index (χ2n) is 9.01. The number of esters is 1. The third-order valence-corrected chi connectivity index (χ3v) is 5.94. The number of anilines is 1. The normalized spacial score (nSPS) is 11.2. The Morgan fingerprint density at radius 2 is 1.86 bits per heavy atom. The van der Waals surface area contributed by atoms with Gasteiger partial charge in [-0.05, 0) is 74.2 Å². The molecule has 0 unspecified atom stereocenters. The Bertz CT molecular complexity index is 1340. The van der Waals surface area contributed by atoms with Crippen LogP contribution in [0.1, 0.15) is 37.2 Å². The minimum absolute atomic E-state index is 0.187. The van der Waals surface area contributed by atoms with Crippen LogP contribution in [0.25, 0.3) is 6.08 Å². The molecule has 0 saturated carbocycles. The maximum Gasteiger partial charge on any atom is 0.349 e. The number of ether oxygens (including phenoxy) is 2. The number of carbonyl (C=O) groups excluding carboxylic acids is 2. The zero-order valence-electron chi connectivity index (χ0n) is 21.4. The van der Waals surface area contributed by atoms with Crippen LogP contribution in [0.3, 0.4) is 0 Å². The van der Waals surface area contributed by atoms with E-state index in [0.29, 0.717) is 28.1 Å². The summed E-state index contributed by atoms with van der Waals surface area (Å²) < 4.78 is 13.1.